The van der Waals surface area contributed by atoms with Gasteiger partial charge in [0.1, 0.15) is 5.15 Å². The fourth-order valence-electron chi connectivity index (χ4n) is 16.4. The fraction of sp³-hybridized carbons (Fsp3) is 0.0536. The summed E-state index contributed by atoms with van der Waals surface area (Å²) < 4.78 is 17.2. The Bertz CT molecular complexity index is 7870. The van der Waals surface area contributed by atoms with Crippen LogP contribution in [0.2, 0.25) is 5.15 Å². The number of rotatable bonds is 14. The van der Waals surface area contributed by atoms with Crippen molar-refractivity contribution in [1.29, 1.82) is 0 Å². The highest BCUT2D eigenvalue weighted by Gasteiger charge is 2.51. The van der Waals surface area contributed by atoms with Crippen LogP contribution in [0.25, 0.3) is 209 Å². The third kappa shape index (κ3) is 16.2. The van der Waals surface area contributed by atoms with Crippen molar-refractivity contribution in [2.24, 2.45) is 0 Å². The molecule has 0 bridgehead atoms. The fourth-order valence-corrected chi connectivity index (χ4v) is 19.0. The SMILES string of the molecule is CC1(C)OB(c2ccc(-c3cccc(-c4cccc(-c5nc(-c6ccccc6)nc(-c6ccc(-c7ccccc7)cc6)n5)c4)c3)cc2)OC1(C)C.Clc1nc2cccnc2c2c1sc1ccccc12.c1ccc(-c2ccc(-c3nc(-c4ccccc4)nc(-c4cccc(-c5cccc(-c6ccc(-c7nc8cccnc8c8c7sc7ccccc78)cc6)c5)c4)n3)cc2)cc1. The highest BCUT2D eigenvalue weighted by molar-refractivity contribution is 7.27. The lowest BCUT2D eigenvalue weighted by Gasteiger charge is -2.32. The lowest BCUT2D eigenvalue weighted by molar-refractivity contribution is 0.00578. The van der Waals surface area contributed by atoms with Crippen LogP contribution in [0.1, 0.15) is 27.7 Å². The minimum atomic E-state index is -0.384. The molecule has 14 aromatic carbocycles. The zero-order valence-corrected chi connectivity index (χ0v) is 72.6. The number of hydrogen-bond acceptors (Lipinski definition) is 14. The first kappa shape index (κ1) is 80.1. The quantitative estimate of drug-likeness (QED) is 0.0754. The molecule has 1 fully saturated rings. The summed E-state index contributed by atoms with van der Waals surface area (Å²) >= 11 is 9.73. The van der Waals surface area contributed by atoms with Gasteiger partial charge in [-0.25, -0.2) is 39.9 Å². The predicted molar refractivity (Wildman–Crippen MR) is 529 cm³/mol. The zero-order valence-electron chi connectivity index (χ0n) is 70.2. The summed E-state index contributed by atoms with van der Waals surface area (Å²) in [5, 5.41) is 5.27. The molecule has 22 aromatic rings. The summed E-state index contributed by atoms with van der Waals surface area (Å²) in [6.07, 6.45) is 3.65. The van der Waals surface area contributed by atoms with Crippen molar-refractivity contribution < 1.29 is 9.31 Å². The minimum Gasteiger partial charge on any atom is -0.399 e. The van der Waals surface area contributed by atoms with Crippen LogP contribution in [-0.2, 0) is 9.31 Å². The van der Waals surface area contributed by atoms with Crippen molar-refractivity contribution >= 4 is 109 Å². The van der Waals surface area contributed by atoms with Gasteiger partial charge in [-0.2, -0.15) is 0 Å². The Balaban J connectivity index is 0.000000131. The van der Waals surface area contributed by atoms with E-state index >= 15 is 0 Å². The van der Waals surface area contributed by atoms with Crippen LogP contribution in [0.5, 0.6) is 0 Å². The van der Waals surface area contributed by atoms with Crippen LogP contribution in [0.3, 0.4) is 0 Å². The Morgan fingerprint density at radius 3 is 0.945 bits per heavy atom. The molecule has 0 saturated carbocycles. The van der Waals surface area contributed by atoms with Crippen LogP contribution in [0.4, 0.5) is 0 Å². The van der Waals surface area contributed by atoms with Crippen molar-refractivity contribution in [1.82, 2.24) is 49.8 Å². The average molecular weight is 1710 g/mol. The Morgan fingerprint density at radius 2 is 0.531 bits per heavy atom. The Hall–Kier alpha value is -15.1. The molecular formula is C112H78BClN10O2S2. The molecule has 128 heavy (non-hydrogen) atoms. The molecule has 0 N–H and O–H groups in total. The molecule has 0 spiro atoms. The second-order valence-corrected chi connectivity index (χ2v) is 35.0. The first-order chi connectivity index (χ1) is 62.8. The Labute approximate surface area is 753 Å². The monoisotopic (exact) mass is 1700 g/mol. The van der Waals surface area contributed by atoms with Gasteiger partial charge in [0, 0.05) is 82.3 Å². The number of benzene rings is 14. The maximum absolute atomic E-state index is 6.28. The van der Waals surface area contributed by atoms with Crippen LogP contribution in [0.15, 0.2) is 401 Å². The first-order valence-corrected chi connectivity index (χ1v) is 44.5. The van der Waals surface area contributed by atoms with E-state index in [9.17, 15) is 0 Å². The third-order valence-corrected chi connectivity index (χ3v) is 26.6. The van der Waals surface area contributed by atoms with E-state index in [-0.39, 0.29) is 18.3 Å². The van der Waals surface area contributed by atoms with Gasteiger partial charge >= 0.3 is 7.12 Å². The molecule has 9 heterocycles. The predicted octanol–water partition coefficient (Wildman–Crippen LogP) is 28.7. The molecule has 1 aliphatic heterocycles. The normalized spacial score (nSPS) is 12.8. The Kier molecular flexibility index (Phi) is 21.6. The number of fused-ring (bicyclic) bond motifs is 10. The minimum absolute atomic E-state index is 0.376. The molecule has 0 aliphatic carbocycles. The molecule has 0 radical (unpaired) electrons. The number of thiophene rings is 2. The molecule has 1 saturated heterocycles. The number of pyridine rings is 4. The zero-order chi connectivity index (χ0) is 86.2. The van der Waals surface area contributed by atoms with Gasteiger partial charge in [0.15, 0.2) is 34.9 Å². The summed E-state index contributed by atoms with van der Waals surface area (Å²) in [5.74, 6) is 3.79. The van der Waals surface area contributed by atoms with Crippen molar-refractivity contribution in [3.63, 3.8) is 0 Å². The standard InChI is InChI=1S/C53H33N5S.C45H38BN3O2.C14H7ClN2S/c1-3-12-34(13-4-1)35-25-29-39(30-26-35)52-56-51(38-14-5-2-6-15-38)57-53(58-52)43-19-10-18-42(33-43)41-17-9-16-40(32-41)36-23-27-37(28-24-36)48-50-47(44-20-7-8-22-46(44)59-50)49-45(55-48)21-11-31-54-49;1-44(2)45(3,4)51-46(50-44)40-27-25-33(26-28-40)36-17-11-18-37(29-36)38-19-12-20-39(30-38)43-48-41(34-15-9-6-10-16-34)47-42(49-43)35-23-21-32(22-24-35)31-13-7-5-8-14-31;15-14-13-11(8-4-1-2-6-10(8)18-13)12-9(17-14)5-3-7-16-12/h1-33H;5-30H,1-4H3;1-7H. The molecule has 1 aliphatic rings. The first-order valence-electron chi connectivity index (χ1n) is 42.5. The van der Waals surface area contributed by atoms with Crippen LogP contribution < -0.4 is 5.46 Å². The summed E-state index contributed by atoms with van der Waals surface area (Å²) in [5.41, 5.74) is 25.1. The van der Waals surface area contributed by atoms with Crippen LogP contribution in [-0.4, -0.2) is 68.2 Å². The van der Waals surface area contributed by atoms with Crippen molar-refractivity contribution in [2.75, 3.05) is 0 Å². The molecule has 12 nitrogen and oxygen atoms in total. The highest BCUT2D eigenvalue weighted by Crippen LogP contribution is 2.45. The summed E-state index contributed by atoms with van der Waals surface area (Å²) in [6.45, 7) is 8.31. The van der Waals surface area contributed by atoms with E-state index in [1.807, 2.05) is 109 Å². The topological polar surface area (TPSA) is 147 Å². The number of nitrogens with zero attached hydrogens (tertiary/aromatic N) is 10. The second kappa shape index (κ2) is 34.5. The van der Waals surface area contributed by atoms with Gasteiger partial charge in [-0.1, -0.05) is 339 Å². The molecule has 0 atom stereocenters. The van der Waals surface area contributed by atoms with Crippen LogP contribution >= 0.6 is 34.3 Å². The molecule has 8 aromatic heterocycles. The molecule has 23 rings (SSSR count). The second-order valence-electron chi connectivity index (χ2n) is 32.6. The summed E-state index contributed by atoms with van der Waals surface area (Å²) in [7, 11) is -0.384. The van der Waals surface area contributed by atoms with Crippen molar-refractivity contribution in [3.05, 3.63) is 406 Å². The third-order valence-electron chi connectivity index (χ3n) is 23.8. The summed E-state index contributed by atoms with van der Waals surface area (Å²) in [4.78, 5) is 48.7. The molecule has 0 amide bonds. The molecule has 0 unspecified atom stereocenters. The highest BCUT2D eigenvalue weighted by atomic mass is 35.5. The van der Waals surface area contributed by atoms with E-state index in [0.717, 1.165) is 143 Å². The smallest absolute Gasteiger partial charge is 0.399 e. The van der Waals surface area contributed by atoms with E-state index in [4.69, 9.17) is 60.8 Å². The van der Waals surface area contributed by atoms with Gasteiger partial charge in [0.2, 0.25) is 0 Å². The lowest BCUT2D eigenvalue weighted by atomic mass is 9.78. The molecule has 16 heteroatoms. The van der Waals surface area contributed by atoms with Gasteiger partial charge in [-0.3, -0.25) is 9.97 Å². The van der Waals surface area contributed by atoms with Crippen LogP contribution in [0, 0.1) is 0 Å². The van der Waals surface area contributed by atoms with Gasteiger partial charge < -0.3 is 9.31 Å². The van der Waals surface area contributed by atoms with E-state index in [0.29, 0.717) is 40.1 Å². The van der Waals surface area contributed by atoms with E-state index in [1.54, 1.807) is 28.9 Å². The van der Waals surface area contributed by atoms with E-state index in [1.165, 1.54) is 36.7 Å². The number of aromatic nitrogens is 10. The van der Waals surface area contributed by atoms with Gasteiger partial charge in [-0.15, -0.1) is 22.7 Å². The van der Waals surface area contributed by atoms with Gasteiger partial charge in [0.05, 0.1) is 48.4 Å². The van der Waals surface area contributed by atoms with Gasteiger partial charge in [-0.05, 0) is 161 Å². The lowest BCUT2D eigenvalue weighted by Crippen LogP contribution is -2.41. The Morgan fingerprint density at radius 1 is 0.250 bits per heavy atom. The van der Waals surface area contributed by atoms with Gasteiger partial charge in [0.25, 0.3) is 0 Å². The van der Waals surface area contributed by atoms with Crippen molar-refractivity contribution in [2.45, 2.75) is 38.9 Å². The molecule has 610 valence electrons. The average Bonchev–Trinajstić information content (AvgIpc) is 1.53. The molecular weight excluding hydrogens is 1630 g/mol. The maximum Gasteiger partial charge on any atom is 0.494 e. The number of hydrogen-bond donors (Lipinski definition) is 0. The summed E-state index contributed by atoms with van der Waals surface area (Å²) in [6, 6.07) is 134. The largest absolute Gasteiger partial charge is 0.494 e. The maximum atomic E-state index is 6.28. The van der Waals surface area contributed by atoms with Crippen molar-refractivity contribution in [3.8, 4) is 146 Å². The van der Waals surface area contributed by atoms with E-state index in [2.05, 4.69) is 323 Å². The number of halogens is 1. The van der Waals surface area contributed by atoms with E-state index < -0.39 is 0 Å².